The van der Waals surface area contributed by atoms with Crippen LogP contribution in [0.2, 0.25) is 10.0 Å². The van der Waals surface area contributed by atoms with E-state index in [9.17, 15) is 5.11 Å². The van der Waals surface area contributed by atoms with Crippen molar-refractivity contribution in [3.63, 3.8) is 0 Å². The third-order valence-corrected chi connectivity index (χ3v) is 4.03. The molecule has 0 bridgehead atoms. The van der Waals surface area contributed by atoms with Gasteiger partial charge in [-0.25, -0.2) is 0 Å². The molecule has 0 heterocycles. The maximum Gasteiger partial charge on any atom is 0.138 e. The molecular weight excluding hydrogens is 259 g/mol. The first-order valence-electron chi connectivity index (χ1n) is 5.82. The molecule has 0 radical (unpaired) electrons. The van der Waals surface area contributed by atoms with Gasteiger partial charge in [-0.3, -0.25) is 0 Å². The molecule has 1 unspecified atom stereocenters. The highest BCUT2D eigenvalue weighted by Crippen LogP contribution is 2.39. The van der Waals surface area contributed by atoms with Crippen molar-refractivity contribution in [2.45, 2.75) is 31.8 Å². The van der Waals surface area contributed by atoms with Crippen molar-refractivity contribution in [1.82, 2.24) is 0 Å². The van der Waals surface area contributed by atoms with E-state index >= 15 is 0 Å². The standard InChI is InChI=1S/C13H16Cl2O2/c1-17-13-7-10(14)9(6-11(13)15)12(16)5-8-3-2-4-8/h6-8,12,16H,2-5H2,1H3. The van der Waals surface area contributed by atoms with Gasteiger partial charge in [0.05, 0.1) is 23.3 Å². The molecule has 2 rings (SSSR count). The number of hydrogen-bond acceptors (Lipinski definition) is 2. The van der Waals surface area contributed by atoms with Crippen LogP contribution in [0.4, 0.5) is 0 Å². The molecule has 1 atom stereocenters. The lowest BCUT2D eigenvalue weighted by Crippen LogP contribution is -2.15. The van der Waals surface area contributed by atoms with Crippen LogP contribution < -0.4 is 4.74 Å². The Bertz CT molecular complexity index is 403. The third kappa shape index (κ3) is 2.87. The summed E-state index contributed by atoms with van der Waals surface area (Å²) in [5, 5.41) is 11.1. The summed E-state index contributed by atoms with van der Waals surface area (Å²) in [6, 6.07) is 3.36. The summed E-state index contributed by atoms with van der Waals surface area (Å²) in [7, 11) is 1.54. The molecular formula is C13H16Cl2O2. The lowest BCUT2D eigenvalue weighted by molar-refractivity contribution is 0.118. The van der Waals surface area contributed by atoms with E-state index in [2.05, 4.69) is 0 Å². The van der Waals surface area contributed by atoms with Gasteiger partial charge in [-0.2, -0.15) is 0 Å². The van der Waals surface area contributed by atoms with E-state index in [4.69, 9.17) is 27.9 Å². The zero-order valence-corrected chi connectivity index (χ0v) is 11.3. The molecule has 0 amide bonds. The number of aliphatic hydroxyl groups is 1. The fraction of sp³-hybridized carbons (Fsp3) is 0.538. The van der Waals surface area contributed by atoms with Gasteiger partial charge in [0, 0.05) is 11.6 Å². The van der Waals surface area contributed by atoms with Gasteiger partial charge in [0.1, 0.15) is 5.75 Å². The lowest BCUT2D eigenvalue weighted by Gasteiger charge is -2.28. The van der Waals surface area contributed by atoms with E-state index < -0.39 is 6.10 Å². The van der Waals surface area contributed by atoms with Crippen molar-refractivity contribution in [3.8, 4) is 5.75 Å². The quantitative estimate of drug-likeness (QED) is 0.891. The van der Waals surface area contributed by atoms with Gasteiger partial charge in [-0.05, 0) is 18.4 Å². The van der Waals surface area contributed by atoms with Crippen molar-refractivity contribution in [2.24, 2.45) is 5.92 Å². The number of aliphatic hydroxyl groups excluding tert-OH is 1. The first-order valence-corrected chi connectivity index (χ1v) is 6.58. The van der Waals surface area contributed by atoms with E-state index in [0.717, 1.165) is 6.42 Å². The maximum absolute atomic E-state index is 10.1. The van der Waals surface area contributed by atoms with Crippen molar-refractivity contribution in [1.29, 1.82) is 0 Å². The van der Waals surface area contributed by atoms with E-state index in [1.165, 1.54) is 19.3 Å². The molecule has 2 nitrogen and oxygen atoms in total. The fourth-order valence-corrected chi connectivity index (χ4v) is 2.66. The van der Waals surface area contributed by atoms with Crippen LogP contribution in [0, 0.1) is 5.92 Å². The molecule has 1 aliphatic rings. The number of ether oxygens (including phenoxy) is 1. The van der Waals surface area contributed by atoms with Crippen LogP contribution >= 0.6 is 23.2 Å². The molecule has 94 valence electrons. The molecule has 1 aromatic carbocycles. The van der Waals surface area contributed by atoms with Gasteiger partial charge in [-0.1, -0.05) is 42.5 Å². The van der Waals surface area contributed by atoms with Crippen molar-refractivity contribution >= 4 is 23.2 Å². The number of hydrogen-bond donors (Lipinski definition) is 1. The van der Waals surface area contributed by atoms with Crippen molar-refractivity contribution < 1.29 is 9.84 Å². The maximum atomic E-state index is 10.1. The minimum absolute atomic E-state index is 0.486. The normalized spacial score (nSPS) is 17.6. The summed E-state index contributed by atoms with van der Waals surface area (Å²) < 4.78 is 5.08. The molecule has 0 spiro atoms. The molecule has 1 aliphatic carbocycles. The Labute approximate surface area is 111 Å². The van der Waals surface area contributed by atoms with E-state index in [1.54, 1.807) is 19.2 Å². The van der Waals surface area contributed by atoms with Crippen LogP contribution in [-0.4, -0.2) is 12.2 Å². The summed E-state index contributed by atoms with van der Waals surface area (Å²) in [6.45, 7) is 0. The molecule has 1 aromatic rings. The largest absolute Gasteiger partial charge is 0.495 e. The molecule has 4 heteroatoms. The van der Waals surface area contributed by atoms with E-state index in [-0.39, 0.29) is 0 Å². The first-order chi connectivity index (χ1) is 8.11. The Morgan fingerprint density at radius 3 is 2.59 bits per heavy atom. The molecule has 0 aromatic heterocycles. The molecule has 1 saturated carbocycles. The number of benzene rings is 1. The van der Waals surface area contributed by atoms with Crippen LogP contribution in [0.5, 0.6) is 5.75 Å². The zero-order valence-electron chi connectivity index (χ0n) is 9.75. The summed E-state index contributed by atoms with van der Waals surface area (Å²) >= 11 is 12.2. The average Bonchev–Trinajstić information content (AvgIpc) is 2.25. The van der Waals surface area contributed by atoms with Crippen LogP contribution in [0.25, 0.3) is 0 Å². The van der Waals surface area contributed by atoms with Gasteiger partial charge in [-0.15, -0.1) is 0 Å². The molecule has 1 N–H and O–H groups in total. The minimum Gasteiger partial charge on any atom is -0.495 e. The predicted molar refractivity (Wildman–Crippen MR) is 69.9 cm³/mol. The van der Waals surface area contributed by atoms with Crippen LogP contribution in [0.15, 0.2) is 12.1 Å². The topological polar surface area (TPSA) is 29.5 Å². The molecule has 17 heavy (non-hydrogen) atoms. The first kappa shape index (κ1) is 13.0. The second-order valence-corrected chi connectivity index (χ2v) is 5.37. The monoisotopic (exact) mass is 274 g/mol. The Balaban J connectivity index is 2.16. The van der Waals surface area contributed by atoms with Gasteiger partial charge >= 0.3 is 0 Å². The minimum atomic E-state index is -0.531. The van der Waals surface area contributed by atoms with Crippen molar-refractivity contribution in [3.05, 3.63) is 27.7 Å². The summed E-state index contributed by atoms with van der Waals surface area (Å²) in [6.07, 6.45) is 3.92. The van der Waals surface area contributed by atoms with Gasteiger partial charge in [0.25, 0.3) is 0 Å². The van der Waals surface area contributed by atoms with Gasteiger partial charge < -0.3 is 9.84 Å². The van der Waals surface area contributed by atoms with Gasteiger partial charge in [0.2, 0.25) is 0 Å². The Kier molecular flexibility index (Phi) is 4.18. The number of halogens is 2. The lowest BCUT2D eigenvalue weighted by atomic mass is 9.80. The van der Waals surface area contributed by atoms with E-state index in [0.29, 0.717) is 27.3 Å². The Morgan fingerprint density at radius 2 is 2.06 bits per heavy atom. The average molecular weight is 275 g/mol. The Hall–Kier alpha value is -0.440. The highest BCUT2D eigenvalue weighted by Gasteiger charge is 2.23. The molecule has 0 saturated heterocycles. The molecule has 1 fully saturated rings. The summed E-state index contributed by atoms with van der Waals surface area (Å²) in [5.74, 6) is 1.17. The van der Waals surface area contributed by atoms with Crippen LogP contribution in [0.1, 0.15) is 37.4 Å². The van der Waals surface area contributed by atoms with E-state index in [1.807, 2.05) is 0 Å². The Morgan fingerprint density at radius 1 is 1.35 bits per heavy atom. The highest BCUT2D eigenvalue weighted by molar-refractivity contribution is 6.34. The van der Waals surface area contributed by atoms with Gasteiger partial charge in [0.15, 0.2) is 0 Å². The number of rotatable bonds is 4. The second-order valence-electron chi connectivity index (χ2n) is 4.56. The van der Waals surface area contributed by atoms with Crippen molar-refractivity contribution in [2.75, 3.05) is 7.11 Å². The zero-order chi connectivity index (χ0) is 12.4. The van der Waals surface area contributed by atoms with Crippen LogP contribution in [0.3, 0.4) is 0 Å². The summed E-state index contributed by atoms with van der Waals surface area (Å²) in [5.41, 5.74) is 0.698. The fourth-order valence-electron chi connectivity index (χ4n) is 2.13. The highest BCUT2D eigenvalue weighted by atomic mass is 35.5. The van der Waals surface area contributed by atoms with Crippen LogP contribution in [-0.2, 0) is 0 Å². The number of methoxy groups -OCH3 is 1. The predicted octanol–water partition coefficient (Wildman–Crippen LogP) is 4.23. The third-order valence-electron chi connectivity index (χ3n) is 3.41. The second kappa shape index (κ2) is 5.47. The smallest absolute Gasteiger partial charge is 0.138 e. The molecule has 0 aliphatic heterocycles. The summed E-state index contributed by atoms with van der Waals surface area (Å²) in [4.78, 5) is 0. The SMILES string of the molecule is COc1cc(Cl)c(C(O)CC2CCC2)cc1Cl.